The number of carbonyl (C=O) groups is 4. The lowest BCUT2D eigenvalue weighted by Crippen LogP contribution is -2.58. The first kappa shape index (κ1) is 26.0. The molecule has 1 aromatic heterocycles. The third kappa shape index (κ3) is 3.83. The molecule has 0 unspecified atom stereocenters. The number of aromatic hydroxyl groups is 1. The zero-order valence-corrected chi connectivity index (χ0v) is 21.2. The molecule has 12 nitrogen and oxygen atoms in total. The van der Waals surface area contributed by atoms with Crippen molar-refractivity contribution < 1.29 is 44.1 Å². The number of aliphatic hydroxyl groups excluding tert-OH is 2. The lowest BCUT2D eigenvalue weighted by molar-refractivity contribution is -0.147. The Kier molecular flexibility index (Phi) is 5.82. The number of nitrogens with one attached hydrogen (secondary N) is 1. The fourth-order valence-electron chi connectivity index (χ4n) is 6.15. The van der Waals surface area contributed by atoms with Gasteiger partial charge in [-0.25, -0.2) is 0 Å². The first-order valence-corrected chi connectivity index (χ1v) is 12.7. The van der Waals surface area contributed by atoms with Gasteiger partial charge in [0.15, 0.2) is 11.4 Å². The van der Waals surface area contributed by atoms with Crippen LogP contribution in [0.5, 0.6) is 5.75 Å². The van der Waals surface area contributed by atoms with Gasteiger partial charge in [0, 0.05) is 29.7 Å². The van der Waals surface area contributed by atoms with Crippen LogP contribution in [0.15, 0.2) is 70.1 Å². The summed E-state index contributed by atoms with van der Waals surface area (Å²) in [7, 11) is 0. The Bertz CT molecular complexity index is 1720. The van der Waals surface area contributed by atoms with Crippen molar-refractivity contribution in [3.63, 3.8) is 0 Å². The van der Waals surface area contributed by atoms with Crippen molar-refractivity contribution >= 4 is 34.8 Å². The zero-order chi connectivity index (χ0) is 29.2. The summed E-state index contributed by atoms with van der Waals surface area (Å²) in [4.78, 5) is 50.2. The summed E-state index contributed by atoms with van der Waals surface area (Å²) in [5.74, 6) is -7.23. The van der Waals surface area contributed by atoms with E-state index >= 15 is 0 Å². The second-order valence-electron chi connectivity index (χ2n) is 10.3. The van der Waals surface area contributed by atoms with Crippen molar-refractivity contribution in [3.8, 4) is 16.9 Å². The van der Waals surface area contributed by atoms with Gasteiger partial charge in [0.2, 0.25) is 11.5 Å². The van der Waals surface area contributed by atoms with Gasteiger partial charge >= 0.3 is 0 Å². The topological polar surface area (TPSA) is 213 Å². The Hall–Kier alpha value is -5.23. The summed E-state index contributed by atoms with van der Waals surface area (Å²) < 4.78 is 4.85. The number of rotatable bonds is 4. The maximum atomic E-state index is 13.6. The van der Waals surface area contributed by atoms with E-state index in [0.717, 1.165) is 0 Å². The van der Waals surface area contributed by atoms with E-state index in [-0.39, 0.29) is 35.5 Å². The smallest absolute Gasteiger partial charge is 0.294 e. The van der Waals surface area contributed by atoms with Gasteiger partial charge in [-0.15, -0.1) is 0 Å². The van der Waals surface area contributed by atoms with Crippen LogP contribution in [-0.4, -0.2) is 54.6 Å². The number of nitrogens with zero attached hydrogens (tertiary/aromatic N) is 1. The van der Waals surface area contributed by atoms with Crippen molar-refractivity contribution in [3.05, 3.63) is 82.5 Å². The molecule has 3 atom stereocenters. The normalized spacial score (nSPS) is 23.5. The maximum absolute atomic E-state index is 13.6. The van der Waals surface area contributed by atoms with E-state index in [4.69, 9.17) is 10.3 Å². The number of primary amides is 1. The van der Waals surface area contributed by atoms with Crippen LogP contribution in [-0.2, 0) is 20.8 Å². The van der Waals surface area contributed by atoms with Crippen LogP contribution in [0.2, 0.25) is 0 Å². The number of aliphatic hydroxyl groups is 3. The van der Waals surface area contributed by atoms with Crippen molar-refractivity contribution in [1.82, 2.24) is 5.16 Å². The fraction of sp³-hybridized carbons (Fsp3) is 0.207. The summed E-state index contributed by atoms with van der Waals surface area (Å²) >= 11 is 0. The number of carbonyl (C=O) groups excluding carboxylic acids is 4. The molecular formula is C29H23N3O9. The molecule has 0 spiro atoms. The van der Waals surface area contributed by atoms with Crippen molar-refractivity contribution in [2.24, 2.45) is 17.6 Å². The first-order chi connectivity index (χ1) is 19.5. The molecule has 2 aromatic carbocycles. The summed E-state index contributed by atoms with van der Waals surface area (Å²) in [6.45, 7) is 0. The highest BCUT2D eigenvalue weighted by Gasteiger charge is 2.60. The van der Waals surface area contributed by atoms with Crippen LogP contribution < -0.4 is 11.1 Å². The SMILES string of the molecule is NC(=O)C1=C(O)[C@@]2(O)C(=O)C3=C(O)c4c(O)ccc(-c5ccc(NC(=O)c6ccno6)cc5)c4C[C@H]3C[C@H]2CC1=O. The second-order valence-corrected chi connectivity index (χ2v) is 10.3. The number of amides is 2. The molecular weight excluding hydrogens is 534 g/mol. The molecule has 1 fully saturated rings. The number of hydrogen-bond acceptors (Lipinski definition) is 10. The monoisotopic (exact) mass is 557 g/mol. The minimum atomic E-state index is -2.62. The maximum Gasteiger partial charge on any atom is 0.294 e. The van der Waals surface area contributed by atoms with Gasteiger partial charge in [0.05, 0.1) is 11.8 Å². The molecule has 3 aromatic rings. The molecule has 0 aliphatic heterocycles. The highest BCUT2D eigenvalue weighted by molar-refractivity contribution is 6.22. The number of Topliss-reactive ketones (excluding diaryl/α,β-unsaturated/α-hetero) is 2. The minimum absolute atomic E-state index is 0.00247. The summed E-state index contributed by atoms with van der Waals surface area (Å²) in [5.41, 5.74) is 3.90. The van der Waals surface area contributed by atoms with Gasteiger partial charge in [-0.3, -0.25) is 19.2 Å². The Morgan fingerprint density at radius 3 is 2.41 bits per heavy atom. The number of phenols is 1. The molecule has 6 rings (SSSR count). The van der Waals surface area contributed by atoms with Crippen LogP contribution in [0.4, 0.5) is 5.69 Å². The highest BCUT2D eigenvalue weighted by Crippen LogP contribution is 2.53. The van der Waals surface area contributed by atoms with E-state index in [1.165, 1.54) is 18.3 Å². The van der Waals surface area contributed by atoms with Gasteiger partial charge in [-0.2, -0.15) is 0 Å². The first-order valence-electron chi connectivity index (χ1n) is 12.7. The van der Waals surface area contributed by atoms with Gasteiger partial charge in [-0.05, 0) is 53.6 Å². The van der Waals surface area contributed by atoms with Crippen LogP contribution in [0.25, 0.3) is 16.9 Å². The van der Waals surface area contributed by atoms with Gasteiger partial charge < -0.3 is 36.0 Å². The van der Waals surface area contributed by atoms with Gasteiger partial charge in [-0.1, -0.05) is 23.4 Å². The van der Waals surface area contributed by atoms with Crippen LogP contribution in [0.3, 0.4) is 0 Å². The number of nitrogens with two attached hydrogens (primary N) is 1. The molecule has 3 aliphatic rings. The van der Waals surface area contributed by atoms with Crippen molar-refractivity contribution in [1.29, 1.82) is 0 Å². The van der Waals surface area contributed by atoms with Crippen LogP contribution >= 0.6 is 0 Å². The molecule has 0 saturated heterocycles. The Morgan fingerprint density at radius 2 is 1.76 bits per heavy atom. The zero-order valence-electron chi connectivity index (χ0n) is 21.2. The molecule has 2 amide bonds. The lowest BCUT2D eigenvalue weighted by atomic mass is 9.59. The molecule has 12 heteroatoms. The molecule has 0 radical (unpaired) electrons. The number of fused-ring (bicyclic) bond motifs is 3. The third-order valence-electron chi connectivity index (χ3n) is 8.06. The van der Waals surface area contributed by atoms with E-state index in [9.17, 15) is 39.6 Å². The Labute approximate surface area is 231 Å². The van der Waals surface area contributed by atoms with E-state index in [1.54, 1.807) is 30.3 Å². The Morgan fingerprint density at radius 1 is 1.02 bits per heavy atom. The van der Waals surface area contributed by atoms with Gasteiger partial charge in [0.25, 0.3) is 11.8 Å². The predicted molar refractivity (Wildman–Crippen MR) is 141 cm³/mol. The van der Waals surface area contributed by atoms with Crippen molar-refractivity contribution in [2.45, 2.75) is 24.9 Å². The van der Waals surface area contributed by atoms with E-state index in [0.29, 0.717) is 22.4 Å². The average Bonchev–Trinajstić information content (AvgIpc) is 3.47. The minimum Gasteiger partial charge on any atom is -0.508 e. The number of phenolic OH excluding ortho intramolecular Hbond substituents is 1. The molecule has 208 valence electrons. The molecule has 7 N–H and O–H groups in total. The largest absolute Gasteiger partial charge is 0.508 e. The lowest BCUT2D eigenvalue weighted by Gasteiger charge is -2.46. The van der Waals surface area contributed by atoms with E-state index in [1.807, 2.05) is 0 Å². The average molecular weight is 558 g/mol. The Balaban J connectivity index is 1.39. The predicted octanol–water partition coefficient (Wildman–Crippen LogP) is 2.33. The second kappa shape index (κ2) is 9.17. The van der Waals surface area contributed by atoms with Gasteiger partial charge in [0.1, 0.15) is 22.8 Å². The summed E-state index contributed by atoms with van der Waals surface area (Å²) in [5, 5.41) is 50.2. The van der Waals surface area contributed by atoms with Crippen molar-refractivity contribution in [2.75, 3.05) is 5.32 Å². The quantitative estimate of drug-likeness (QED) is 0.258. The molecule has 1 saturated carbocycles. The number of benzene rings is 2. The number of anilines is 1. The number of ketones is 2. The summed E-state index contributed by atoms with van der Waals surface area (Å²) in [6.07, 6.45) is 1.16. The number of hydrogen-bond donors (Lipinski definition) is 6. The highest BCUT2D eigenvalue weighted by atomic mass is 16.5. The standard InChI is InChI=1S/C29H23N3O9/c30-27(38)23-19(34)11-14-9-13-10-17-16(12-1-3-15(4-2-12)32-28(39)20-7-8-31-41-20)5-6-18(33)22(17)24(35)21(13)25(36)29(14,40)26(23)37/h1-8,13-14,33,35,37,40H,9-11H2,(H2,30,38)(H,32,39)/t13-,14+,29+/m1/s1. The van der Waals surface area contributed by atoms with E-state index in [2.05, 4.69) is 10.5 Å². The third-order valence-corrected chi connectivity index (χ3v) is 8.06. The summed E-state index contributed by atoms with van der Waals surface area (Å²) in [6, 6.07) is 11.2. The molecule has 1 heterocycles. The van der Waals surface area contributed by atoms with Crippen LogP contribution in [0, 0.1) is 11.8 Å². The molecule has 41 heavy (non-hydrogen) atoms. The molecule has 0 bridgehead atoms. The fourth-order valence-corrected chi connectivity index (χ4v) is 6.15. The van der Waals surface area contributed by atoms with E-state index < -0.39 is 64.3 Å². The molecule has 3 aliphatic carbocycles. The number of aromatic nitrogens is 1. The van der Waals surface area contributed by atoms with Crippen LogP contribution in [0.1, 0.15) is 34.5 Å².